The van der Waals surface area contributed by atoms with Crippen molar-refractivity contribution in [1.29, 1.82) is 0 Å². The molecule has 1 heterocycles. The zero-order chi connectivity index (χ0) is 16.4. The highest BCUT2D eigenvalue weighted by Gasteiger charge is 2.33. The lowest BCUT2D eigenvalue weighted by Gasteiger charge is -2.13. The number of rotatable bonds is 3. The van der Waals surface area contributed by atoms with Crippen molar-refractivity contribution >= 4 is 51.7 Å². The number of nitro benzene ring substituents is 1. The molecule has 23 heavy (non-hydrogen) atoms. The molecule has 3 rings (SSSR count). The third-order valence-electron chi connectivity index (χ3n) is 3.19. The van der Waals surface area contributed by atoms with E-state index in [1.807, 2.05) is 18.2 Å². The molecule has 0 unspecified atom stereocenters. The van der Waals surface area contributed by atoms with Crippen molar-refractivity contribution in [2.24, 2.45) is 0 Å². The van der Waals surface area contributed by atoms with E-state index in [0.29, 0.717) is 20.5 Å². The Balaban J connectivity index is 1.93. The van der Waals surface area contributed by atoms with Crippen LogP contribution < -0.4 is 4.90 Å². The maximum absolute atomic E-state index is 12.6. The summed E-state index contributed by atoms with van der Waals surface area (Å²) in [6, 6.07) is 15.3. The summed E-state index contributed by atoms with van der Waals surface area (Å²) in [6.07, 6.45) is 1.62. The van der Waals surface area contributed by atoms with Crippen LogP contribution in [0.25, 0.3) is 6.08 Å². The number of hydrogen-bond donors (Lipinski definition) is 0. The van der Waals surface area contributed by atoms with Crippen LogP contribution in [0.3, 0.4) is 0 Å². The number of nitro groups is 1. The number of benzene rings is 2. The van der Waals surface area contributed by atoms with Crippen molar-refractivity contribution in [3.8, 4) is 0 Å². The fourth-order valence-corrected chi connectivity index (χ4v) is 3.45. The lowest BCUT2D eigenvalue weighted by molar-refractivity contribution is -0.384. The van der Waals surface area contributed by atoms with Crippen molar-refractivity contribution in [1.82, 2.24) is 0 Å². The molecule has 2 aromatic carbocycles. The maximum Gasteiger partial charge on any atom is 0.270 e. The van der Waals surface area contributed by atoms with Gasteiger partial charge in [-0.25, -0.2) is 0 Å². The quantitative estimate of drug-likeness (QED) is 0.365. The van der Waals surface area contributed by atoms with E-state index in [1.165, 1.54) is 28.8 Å². The molecule has 5 nitrogen and oxygen atoms in total. The van der Waals surface area contributed by atoms with E-state index in [2.05, 4.69) is 0 Å². The molecule has 1 saturated heterocycles. The topological polar surface area (TPSA) is 63.4 Å². The summed E-state index contributed by atoms with van der Waals surface area (Å²) in [7, 11) is 0. The minimum absolute atomic E-state index is 0.0164. The van der Waals surface area contributed by atoms with E-state index >= 15 is 0 Å². The molecule has 0 atom stereocenters. The number of anilines is 1. The van der Waals surface area contributed by atoms with Gasteiger partial charge in [0, 0.05) is 12.1 Å². The van der Waals surface area contributed by atoms with Gasteiger partial charge in [0.1, 0.15) is 0 Å². The summed E-state index contributed by atoms with van der Waals surface area (Å²) in [6.45, 7) is 0. The predicted octanol–water partition coefficient (Wildman–Crippen LogP) is 4.00. The Morgan fingerprint density at radius 3 is 2.57 bits per heavy atom. The summed E-state index contributed by atoms with van der Waals surface area (Å²) in [5, 5.41) is 10.8. The summed E-state index contributed by atoms with van der Waals surface area (Å²) in [4.78, 5) is 24.8. The van der Waals surface area contributed by atoms with Crippen molar-refractivity contribution in [2.75, 3.05) is 4.90 Å². The molecule has 0 saturated carbocycles. The van der Waals surface area contributed by atoms with E-state index in [-0.39, 0.29) is 11.6 Å². The second kappa shape index (κ2) is 6.31. The third-order valence-corrected chi connectivity index (χ3v) is 4.49. The molecule has 1 amide bonds. The highest BCUT2D eigenvalue weighted by Crippen LogP contribution is 2.36. The average molecular weight is 342 g/mol. The summed E-state index contributed by atoms with van der Waals surface area (Å²) in [5.74, 6) is -0.224. The second-order valence-electron chi connectivity index (χ2n) is 4.70. The van der Waals surface area contributed by atoms with Crippen LogP contribution in [0.5, 0.6) is 0 Å². The fraction of sp³-hybridized carbons (Fsp3) is 0. The first kappa shape index (κ1) is 15.4. The van der Waals surface area contributed by atoms with E-state index < -0.39 is 4.92 Å². The second-order valence-corrected chi connectivity index (χ2v) is 6.38. The lowest BCUT2D eigenvalue weighted by Crippen LogP contribution is -2.27. The molecule has 114 valence electrons. The van der Waals surface area contributed by atoms with Gasteiger partial charge in [-0.2, -0.15) is 0 Å². The van der Waals surface area contributed by atoms with Gasteiger partial charge in [-0.1, -0.05) is 54.3 Å². The van der Waals surface area contributed by atoms with Gasteiger partial charge in [-0.05, 0) is 23.8 Å². The Morgan fingerprint density at radius 2 is 1.87 bits per heavy atom. The Bertz CT molecular complexity index is 834. The normalized spacial score (nSPS) is 16.2. The van der Waals surface area contributed by atoms with Gasteiger partial charge in [0.25, 0.3) is 11.6 Å². The molecule has 0 radical (unpaired) electrons. The Hall–Kier alpha value is -2.51. The standard InChI is InChI=1S/C16H10N2O3S2/c19-15-14(10-11-5-4-8-13(9-11)18(20)21)23-16(22)17(15)12-6-2-1-3-7-12/h1-10H. The maximum atomic E-state index is 12.6. The van der Waals surface area contributed by atoms with Crippen LogP contribution in [0.1, 0.15) is 5.56 Å². The molecule has 0 bridgehead atoms. The highest BCUT2D eigenvalue weighted by atomic mass is 32.2. The Labute approximate surface area is 141 Å². The number of nitrogens with zero attached hydrogens (tertiary/aromatic N) is 2. The minimum atomic E-state index is -0.466. The lowest BCUT2D eigenvalue weighted by atomic mass is 10.2. The molecule has 1 aliphatic rings. The van der Waals surface area contributed by atoms with Crippen molar-refractivity contribution in [3.05, 3.63) is 75.2 Å². The summed E-state index contributed by atoms with van der Waals surface area (Å²) < 4.78 is 0.442. The fourth-order valence-electron chi connectivity index (χ4n) is 2.15. The first-order valence-corrected chi connectivity index (χ1v) is 7.86. The largest absolute Gasteiger partial charge is 0.270 e. The molecule has 7 heteroatoms. The average Bonchev–Trinajstić information content (AvgIpc) is 2.82. The van der Waals surface area contributed by atoms with Crippen LogP contribution >= 0.6 is 24.0 Å². The molecule has 0 aliphatic carbocycles. The Kier molecular flexibility index (Phi) is 4.22. The number of para-hydroxylation sites is 1. The minimum Gasteiger partial charge on any atom is -0.268 e. The first-order valence-electron chi connectivity index (χ1n) is 6.64. The van der Waals surface area contributed by atoms with Crippen LogP contribution in [0, 0.1) is 10.1 Å². The molecule has 0 aromatic heterocycles. The van der Waals surface area contributed by atoms with E-state index in [0.717, 1.165) is 0 Å². The van der Waals surface area contributed by atoms with E-state index in [9.17, 15) is 14.9 Å². The summed E-state index contributed by atoms with van der Waals surface area (Å²) >= 11 is 6.46. The van der Waals surface area contributed by atoms with Gasteiger partial charge in [0.05, 0.1) is 15.5 Å². The number of non-ortho nitro benzene ring substituents is 1. The van der Waals surface area contributed by atoms with Crippen LogP contribution in [0.2, 0.25) is 0 Å². The van der Waals surface area contributed by atoms with Crippen LogP contribution in [-0.2, 0) is 4.79 Å². The molecule has 1 aliphatic heterocycles. The van der Waals surface area contributed by atoms with Crippen LogP contribution in [-0.4, -0.2) is 15.2 Å². The molecular formula is C16H10N2O3S2. The van der Waals surface area contributed by atoms with Gasteiger partial charge in [0.15, 0.2) is 4.32 Å². The van der Waals surface area contributed by atoms with Crippen LogP contribution in [0.4, 0.5) is 11.4 Å². The number of thioether (sulfide) groups is 1. The predicted molar refractivity (Wildman–Crippen MR) is 95.2 cm³/mol. The zero-order valence-corrected chi connectivity index (χ0v) is 13.3. The number of thiocarbonyl (C=S) groups is 1. The Morgan fingerprint density at radius 1 is 1.13 bits per heavy atom. The van der Waals surface area contributed by atoms with Gasteiger partial charge >= 0.3 is 0 Å². The van der Waals surface area contributed by atoms with Crippen LogP contribution in [0.15, 0.2) is 59.5 Å². The number of hydrogen-bond acceptors (Lipinski definition) is 5. The molecule has 2 aromatic rings. The molecule has 0 N–H and O–H groups in total. The third kappa shape index (κ3) is 3.15. The zero-order valence-electron chi connectivity index (χ0n) is 11.7. The molecular weight excluding hydrogens is 332 g/mol. The van der Waals surface area contributed by atoms with E-state index in [1.54, 1.807) is 30.3 Å². The van der Waals surface area contributed by atoms with Crippen molar-refractivity contribution in [2.45, 2.75) is 0 Å². The van der Waals surface area contributed by atoms with Gasteiger partial charge < -0.3 is 0 Å². The van der Waals surface area contributed by atoms with Gasteiger partial charge in [-0.3, -0.25) is 19.8 Å². The van der Waals surface area contributed by atoms with E-state index in [4.69, 9.17) is 12.2 Å². The number of carbonyl (C=O) groups excluding carboxylic acids is 1. The van der Waals surface area contributed by atoms with Gasteiger partial charge in [0.2, 0.25) is 0 Å². The van der Waals surface area contributed by atoms with Crippen molar-refractivity contribution < 1.29 is 9.72 Å². The van der Waals surface area contributed by atoms with Crippen molar-refractivity contribution in [3.63, 3.8) is 0 Å². The highest BCUT2D eigenvalue weighted by molar-refractivity contribution is 8.27. The van der Waals surface area contributed by atoms with Gasteiger partial charge in [-0.15, -0.1) is 0 Å². The molecule has 0 spiro atoms. The SMILES string of the molecule is O=C1C(=Cc2cccc([N+](=O)[O-])c2)SC(=S)N1c1ccccc1. The summed E-state index contributed by atoms with van der Waals surface area (Å²) in [5.41, 5.74) is 1.28. The number of amides is 1. The smallest absolute Gasteiger partial charge is 0.268 e. The number of carbonyl (C=O) groups is 1. The monoisotopic (exact) mass is 342 g/mol. The molecule has 1 fully saturated rings. The first-order chi connectivity index (χ1) is 11.1.